The van der Waals surface area contributed by atoms with Crippen molar-refractivity contribution in [2.75, 3.05) is 10.2 Å². The first-order valence-corrected chi connectivity index (χ1v) is 9.32. The molecule has 0 bridgehead atoms. The molecule has 132 valence electrons. The third kappa shape index (κ3) is 4.70. The van der Waals surface area contributed by atoms with Gasteiger partial charge in [-0.05, 0) is 55.8 Å². The van der Waals surface area contributed by atoms with Crippen LogP contribution in [0.5, 0.6) is 0 Å². The van der Waals surface area contributed by atoms with Crippen LogP contribution in [0.1, 0.15) is 19.4 Å². The number of hydrogen-bond acceptors (Lipinski definition) is 2. The van der Waals surface area contributed by atoms with E-state index in [1.807, 2.05) is 24.3 Å². The van der Waals surface area contributed by atoms with Gasteiger partial charge in [0.05, 0.1) is 4.99 Å². The van der Waals surface area contributed by atoms with Crippen molar-refractivity contribution in [1.29, 1.82) is 0 Å². The SMILES string of the molecule is CC(C)N(C(=S)Cc1ccccc1)c1ccc(Nc2ccccc2)cc1. The average molecular weight is 361 g/mol. The molecular formula is C23H24N2S. The standard InChI is InChI=1S/C23H24N2S/c1-18(2)25(23(26)17-19-9-5-3-6-10-19)22-15-13-21(14-16-22)24-20-11-7-4-8-12-20/h3-16,18,24H,17H2,1-2H3. The third-order valence-corrected chi connectivity index (χ3v) is 4.53. The highest BCUT2D eigenvalue weighted by atomic mass is 32.1. The molecule has 26 heavy (non-hydrogen) atoms. The summed E-state index contributed by atoms with van der Waals surface area (Å²) in [4.78, 5) is 3.17. The molecule has 0 fully saturated rings. The molecular weight excluding hydrogens is 336 g/mol. The molecule has 0 saturated heterocycles. The van der Waals surface area contributed by atoms with Crippen LogP contribution < -0.4 is 10.2 Å². The van der Waals surface area contributed by atoms with Gasteiger partial charge in [-0.3, -0.25) is 0 Å². The number of hydrogen-bond donors (Lipinski definition) is 1. The van der Waals surface area contributed by atoms with Crippen molar-refractivity contribution in [2.45, 2.75) is 26.3 Å². The van der Waals surface area contributed by atoms with Gasteiger partial charge < -0.3 is 10.2 Å². The number of rotatable bonds is 6. The van der Waals surface area contributed by atoms with Crippen LogP contribution in [0.15, 0.2) is 84.9 Å². The normalized spacial score (nSPS) is 10.6. The van der Waals surface area contributed by atoms with Gasteiger partial charge >= 0.3 is 0 Å². The number of thiocarbonyl (C=S) groups is 1. The molecule has 0 aliphatic rings. The highest BCUT2D eigenvalue weighted by Crippen LogP contribution is 2.24. The minimum absolute atomic E-state index is 0.305. The van der Waals surface area contributed by atoms with Gasteiger partial charge in [-0.15, -0.1) is 0 Å². The summed E-state index contributed by atoms with van der Waals surface area (Å²) in [5.74, 6) is 0. The van der Waals surface area contributed by atoms with Crippen molar-refractivity contribution >= 4 is 34.3 Å². The van der Waals surface area contributed by atoms with Gasteiger partial charge in [0.1, 0.15) is 0 Å². The van der Waals surface area contributed by atoms with Crippen molar-refractivity contribution in [2.24, 2.45) is 0 Å². The molecule has 0 atom stereocenters. The smallest absolute Gasteiger partial charge is 0.0870 e. The van der Waals surface area contributed by atoms with Crippen LogP contribution in [-0.4, -0.2) is 11.0 Å². The Morgan fingerprint density at radius 2 is 1.35 bits per heavy atom. The Kier molecular flexibility index (Phi) is 6.03. The molecule has 0 radical (unpaired) electrons. The lowest BCUT2D eigenvalue weighted by atomic mass is 10.1. The molecule has 0 aliphatic heterocycles. The number of nitrogens with one attached hydrogen (secondary N) is 1. The van der Waals surface area contributed by atoms with Crippen molar-refractivity contribution in [1.82, 2.24) is 0 Å². The molecule has 0 amide bonds. The molecule has 0 heterocycles. The summed E-state index contributed by atoms with van der Waals surface area (Å²) in [5, 5.41) is 3.42. The Morgan fingerprint density at radius 1 is 0.808 bits per heavy atom. The fraction of sp³-hybridized carbons (Fsp3) is 0.174. The molecule has 0 aromatic heterocycles. The first kappa shape index (κ1) is 18.2. The summed E-state index contributed by atoms with van der Waals surface area (Å²) in [5.41, 5.74) is 4.52. The van der Waals surface area contributed by atoms with E-state index in [1.54, 1.807) is 0 Å². The number of nitrogens with zero attached hydrogens (tertiary/aromatic N) is 1. The van der Waals surface area contributed by atoms with Gasteiger partial charge in [-0.2, -0.15) is 0 Å². The number of para-hydroxylation sites is 1. The van der Waals surface area contributed by atoms with Gasteiger partial charge in [-0.25, -0.2) is 0 Å². The Balaban J connectivity index is 1.74. The van der Waals surface area contributed by atoms with Crippen LogP contribution in [-0.2, 0) is 6.42 Å². The van der Waals surface area contributed by atoms with E-state index in [2.05, 4.69) is 84.7 Å². The Labute approximate surface area is 161 Å². The molecule has 0 spiro atoms. The highest BCUT2D eigenvalue weighted by Gasteiger charge is 2.16. The van der Waals surface area contributed by atoms with E-state index in [0.29, 0.717) is 6.04 Å². The lowest BCUT2D eigenvalue weighted by molar-refractivity contribution is 0.806. The van der Waals surface area contributed by atoms with E-state index in [9.17, 15) is 0 Å². The minimum Gasteiger partial charge on any atom is -0.356 e. The second kappa shape index (κ2) is 8.63. The maximum Gasteiger partial charge on any atom is 0.0870 e. The second-order valence-electron chi connectivity index (χ2n) is 6.56. The van der Waals surface area contributed by atoms with E-state index in [-0.39, 0.29) is 0 Å². The summed E-state index contributed by atoms with van der Waals surface area (Å²) >= 11 is 5.76. The summed E-state index contributed by atoms with van der Waals surface area (Å²) in [6, 6.07) is 29.3. The fourth-order valence-electron chi connectivity index (χ4n) is 2.98. The summed E-state index contributed by atoms with van der Waals surface area (Å²) in [6.45, 7) is 4.35. The van der Waals surface area contributed by atoms with Crippen molar-refractivity contribution in [3.8, 4) is 0 Å². The van der Waals surface area contributed by atoms with Crippen LogP contribution in [0, 0.1) is 0 Å². The summed E-state index contributed by atoms with van der Waals surface area (Å²) < 4.78 is 0. The third-order valence-electron chi connectivity index (χ3n) is 4.19. The first-order chi connectivity index (χ1) is 12.6. The molecule has 3 aromatic rings. The number of anilines is 3. The predicted molar refractivity (Wildman–Crippen MR) is 117 cm³/mol. The fourth-order valence-corrected chi connectivity index (χ4v) is 3.46. The zero-order valence-electron chi connectivity index (χ0n) is 15.2. The molecule has 3 aromatic carbocycles. The maximum atomic E-state index is 5.76. The largest absolute Gasteiger partial charge is 0.356 e. The molecule has 0 unspecified atom stereocenters. The van der Waals surface area contributed by atoms with Crippen LogP contribution >= 0.6 is 12.2 Å². The Morgan fingerprint density at radius 3 is 1.92 bits per heavy atom. The van der Waals surface area contributed by atoms with E-state index in [4.69, 9.17) is 12.2 Å². The van der Waals surface area contributed by atoms with E-state index in [0.717, 1.165) is 28.5 Å². The van der Waals surface area contributed by atoms with E-state index < -0.39 is 0 Å². The van der Waals surface area contributed by atoms with Gasteiger partial charge in [-0.1, -0.05) is 60.7 Å². The summed E-state index contributed by atoms with van der Waals surface area (Å²) in [6.07, 6.45) is 0.776. The monoisotopic (exact) mass is 360 g/mol. The zero-order valence-corrected chi connectivity index (χ0v) is 16.0. The molecule has 1 N–H and O–H groups in total. The summed E-state index contributed by atoms with van der Waals surface area (Å²) in [7, 11) is 0. The van der Waals surface area contributed by atoms with E-state index in [1.165, 1.54) is 5.56 Å². The first-order valence-electron chi connectivity index (χ1n) is 8.91. The topological polar surface area (TPSA) is 15.3 Å². The second-order valence-corrected chi connectivity index (χ2v) is 7.03. The lowest BCUT2D eigenvalue weighted by Gasteiger charge is -2.30. The van der Waals surface area contributed by atoms with Crippen molar-refractivity contribution in [3.05, 3.63) is 90.5 Å². The maximum absolute atomic E-state index is 5.76. The van der Waals surface area contributed by atoms with Gasteiger partial charge in [0.25, 0.3) is 0 Å². The molecule has 2 nitrogen and oxygen atoms in total. The quantitative estimate of drug-likeness (QED) is 0.526. The zero-order chi connectivity index (χ0) is 18.4. The van der Waals surface area contributed by atoms with Gasteiger partial charge in [0.15, 0.2) is 0 Å². The highest BCUT2D eigenvalue weighted by molar-refractivity contribution is 7.80. The predicted octanol–water partition coefficient (Wildman–Crippen LogP) is 6.22. The van der Waals surface area contributed by atoms with E-state index >= 15 is 0 Å². The van der Waals surface area contributed by atoms with Crippen LogP contribution in [0.3, 0.4) is 0 Å². The Bertz CT molecular complexity index is 827. The van der Waals surface area contributed by atoms with Crippen LogP contribution in [0.25, 0.3) is 0 Å². The van der Waals surface area contributed by atoms with Crippen LogP contribution in [0.2, 0.25) is 0 Å². The van der Waals surface area contributed by atoms with Crippen molar-refractivity contribution in [3.63, 3.8) is 0 Å². The molecule has 3 rings (SSSR count). The minimum atomic E-state index is 0.305. The number of benzene rings is 3. The van der Waals surface area contributed by atoms with Gasteiger partial charge in [0, 0.05) is 29.5 Å². The molecule has 0 aliphatic carbocycles. The van der Waals surface area contributed by atoms with Crippen LogP contribution in [0.4, 0.5) is 17.1 Å². The molecule has 3 heteroatoms. The molecule has 0 saturated carbocycles. The lowest BCUT2D eigenvalue weighted by Crippen LogP contribution is -2.36. The average Bonchev–Trinajstić information content (AvgIpc) is 2.65. The Hall–Kier alpha value is -2.65. The van der Waals surface area contributed by atoms with Gasteiger partial charge in [0.2, 0.25) is 0 Å². The van der Waals surface area contributed by atoms with Crippen molar-refractivity contribution < 1.29 is 0 Å².